The molecule has 0 aliphatic carbocycles. The highest BCUT2D eigenvalue weighted by Crippen LogP contribution is 2.25. The van der Waals surface area contributed by atoms with Gasteiger partial charge in [0.05, 0.1) is 12.1 Å². The fourth-order valence-corrected chi connectivity index (χ4v) is 3.41. The van der Waals surface area contributed by atoms with Crippen LogP contribution in [0.4, 0.5) is 5.13 Å². The third-order valence-corrected chi connectivity index (χ3v) is 4.86. The Morgan fingerprint density at radius 3 is 2.72 bits per heavy atom. The predicted molar refractivity (Wildman–Crippen MR) is 94.1 cm³/mol. The zero-order valence-corrected chi connectivity index (χ0v) is 14.8. The van der Waals surface area contributed by atoms with Crippen molar-refractivity contribution in [2.45, 2.75) is 19.3 Å². The lowest BCUT2D eigenvalue weighted by Gasteiger charge is -2.10. The molecule has 1 saturated heterocycles. The van der Waals surface area contributed by atoms with Crippen LogP contribution in [0.25, 0.3) is 0 Å². The molecule has 1 aromatic heterocycles. The fraction of sp³-hybridized carbons (Fsp3) is 0.294. The number of hydrogen-bond acceptors (Lipinski definition) is 6. The minimum atomic E-state index is -0.535. The second-order valence-electron chi connectivity index (χ2n) is 5.54. The number of benzene rings is 1. The summed E-state index contributed by atoms with van der Waals surface area (Å²) in [6, 6.07) is 6.37. The Morgan fingerprint density at radius 1 is 1.28 bits per heavy atom. The zero-order valence-electron chi connectivity index (χ0n) is 13.2. The number of ether oxygens (including phenoxy) is 1. The zero-order chi connectivity index (χ0) is 17.8. The first-order valence-corrected chi connectivity index (χ1v) is 8.98. The largest absolute Gasteiger partial charge is 0.457 e. The first kappa shape index (κ1) is 17.6. The van der Waals surface area contributed by atoms with E-state index in [0.717, 1.165) is 6.42 Å². The van der Waals surface area contributed by atoms with Gasteiger partial charge in [0.2, 0.25) is 5.91 Å². The van der Waals surface area contributed by atoms with Gasteiger partial charge in [0.1, 0.15) is 0 Å². The van der Waals surface area contributed by atoms with Crippen molar-refractivity contribution in [1.82, 2.24) is 4.98 Å². The molecule has 2 heterocycles. The summed E-state index contributed by atoms with van der Waals surface area (Å²) in [6.07, 6.45) is 1.32. The van der Waals surface area contributed by atoms with E-state index in [1.54, 1.807) is 34.5 Å². The molecule has 8 heteroatoms. The molecule has 1 aliphatic heterocycles. The van der Waals surface area contributed by atoms with E-state index in [9.17, 15) is 14.4 Å². The number of rotatable bonds is 6. The van der Waals surface area contributed by atoms with E-state index in [1.807, 2.05) is 0 Å². The van der Waals surface area contributed by atoms with Crippen molar-refractivity contribution in [3.05, 3.63) is 45.9 Å². The average Bonchev–Trinajstić information content (AvgIpc) is 3.22. The molecular formula is C17H15ClN2O4S. The summed E-state index contributed by atoms with van der Waals surface area (Å²) < 4.78 is 5.01. The summed E-state index contributed by atoms with van der Waals surface area (Å²) in [5, 5.41) is 2.86. The van der Waals surface area contributed by atoms with Gasteiger partial charge >= 0.3 is 5.97 Å². The van der Waals surface area contributed by atoms with Crippen molar-refractivity contribution in [1.29, 1.82) is 0 Å². The number of amides is 1. The Kier molecular flexibility index (Phi) is 5.45. The standard InChI is InChI=1S/C17H15ClN2O4S/c18-12-5-3-11(4-6-12)14(21)9-24-16(23)8-13-10-25-17(19-13)20-7-1-2-15(20)22/h3-6,10H,1-2,7-9H2. The van der Waals surface area contributed by atoms with Gasteiger partial charge in [-0.25, -0.2) is 4.98 Å². The van der Waals surface area contributed by atoms with Crippen LogP contribution >= 0.6 is 22.9 Å². The molecular weight excluding hydrogens is 364 g/mol. The molecule has 0 N–H and O–H groups in total. The number of halogens is 1. The summed E-state index contributed by atoms with van der Waals surface area (Å²) in [6.45, 7) is 0.327. The van der Waals surface area contributed by atoms with Crippen molar-refractivity contribution in [2.75, 3.05) is 18.1 Å². The fourth-order valence-electron chi connectivity index (χ4n) is 2.42. The Hall–Kier alpha value is -2.25. The van der Waals surface area contributed by atoms with Gasteiger partial charge in [-0.1, -0.05) is 11.6 Å². The number of hydrogen-bond donors (Lipinski definition) is 0. The Bertz CT molecular complexity index is 803. The Labute approximate surface area is 153 Å². The molecule has 0 atom stereocenters. The first-order chi connectivity index (χ1) is 12.0. The molecule has 0 radical (unpaired) electrons. The van der Waals surface area contributed by atoms with Gasteiger partial charge in [-0.15, -0.1) is 11.3 Å². The third-order valence-electron chi connectivity index (χ3n) is 3.70. The number of thiazole rings is 1. The predicted octanol–water partition coefficient (Wildman–Crippen LogP) is 2.89. The van der Waals surface area contributed by atoms with Gasteiger partial charge in [0, 0.05) is 28.9 Å². The second-order valence-corrected chi connectivity index (χ2v) is 6.81. The first-order valence-electron chi connectivity index (χ1n) is 7.72. The van der Waals surface area contributed by atoms with E-state index in [4.69, 9.17) is 16.3 Å². The van der Waals surface area contributed by atoms with E-state index in [-0.39, 0.29) is 24.7 Å². The third kappa shape index (κ3) is 4.43. The highest BCUT2D eigenvalue weighted by atomic mass is 35.5. The minimum absolute atomic E-state index is 0.0353. The van der Waals surface area contributed by atoms with Gasteiger partial charge < -0.3 is 4.74 Å². The van der Waals surface area contributed by atoms with Gasteiger partial charge in [-0.2, -0.15) is 0 Å². The van der Waals surface area contributed by atoms with Crippen molar-refractivity contribution in [3.8, 4) is 0 Å². The summed E-state index contributed by atoms with van der Waals surface area (Å²) in [4.78, 5) is 41.5. The number of nitrogens with zero attached hydrogens (tertiary/aromatic N) is 2. The monoisotopic (exact) mass is 378 g/mol. The van der Waals surface area contributed by atoms with Crippen LogP contribution in [-0.2, 0) is 20.7 Å². The number of Topliss-reactive ketones (excluding diaryl/α,β-unsaturated/α-hetero) is 1. The van der Waals surface area contributed by atoms with Crippen molar-refractivity contribution in [3.63, 3.8) is 0 Å². The van der Waals surface area contributed by atoms with Gasteiger partial charge in [-0.05, 0) is 30.7 Å². The lowest BCUT2D eigenvalue weighted by molar-refractivity contribution is -0.141. The van der Waals surface area contributed by atoms with Crippen LogP contribution in [0, 0.1) is 0 Å². The van der Waals surface area contributed by atoms with Gasteiger partial charge in [-0.3, -0.25) is 19.3 Å². The molecule has 25 heavy (non-hydrogen) atoms. The van der Waals surface area contributed by atoms with E-state index >= 15 is 0 Å². The van der Waals surface area contributed by atoms with Crippen LogP contribution in [0.1, 0.15) is 28.9 Å². The van der Waals surface area contributed by atoms with Crippen LogP contribution in [0.5, 0.6) is 0 Å². The van der Waals surface area contributed by atoms with E-state index in [2.05, 4.69) is 4.98 Å². The quantitative estimate of drug-likeness (QED) is 0.570. The van der Waals surface area contributed by atoms with E-state index in [1.165, 1.54) is 11.3 Å². The number of ketones is 1. The van der Waals surface area contributed by atoms with Crippen LogP contribution in [0.15, 0.2) is 29.6 Å². The lowest BCUT2D eigenvalue weighted by Crippen LogP contribution is -2.23. The highest BCUT2D eigenvalue weighted by Gasteiger charge is 2.24. The molecule has 1 amide bonds. The number of carbonyl (C=O) groups is 3. The van der Waals surface area contributed by atoms with Crippen molar-refractivity contribution in [2.24, 2.45) is 0 Å². The average molecular weight is 379 g/mol. The SMILES string of the molecule is O=C(Cc1csc(N2CCCC2=O)n1)OCC(=O)c1ccc(Cl)cc1. The smallest absolute Gasteiger partial charge is 0.312 e. The lowest BCUT2D eigenvalue weighted by atomic mass is 10.1. The number of aromatic nitrogens is 1. The van der Waals surface area contributed by atoms with Gasteiger partial charge in [0.25, 0.3) is 0 Å². The normalized spacial score (nSPS) is 14.0. The van der Waals surface area contributed by atoms with Crippen LogP contribution in [-0.4, -0.2) is 35.8 Å². The molecule has 1 fully saturated rings. The molecule has 0 bridgehead atoms. The summed E-state index contributed by atoms with van der Waals surface area (Å²) in [5.41, 5.74) is 0.962. The van der Waals surface area contributed by atoms with Gasteiger partial charge in [0.15, 0.2) is 17.5 Å². The maximum Gasteiger partial charge on any atom is 0.312 e. The molecule has 0 saturated carbocycles. The summed E-state index contributed by atoms with van der Waals surface area (Å²) in [5.74, 6) is -0.782. The summed E-state index contributed by atoms with van der Waals surface area (Å²) >= 11 is 7.09. The Morgan fingerprint density at radius 2 is 2.04 bits per heavy atom. The minimum Gasteiger partial charge on any atom is -0.457 e. The molecule has 2 aromatic rings. The van der Waals surface area contributed by atoms with Crippen molar-refractivity contribution >= 4 is 45.7 Å². The number of carbonyl (C=O) groups excluding carboxylic acids is 3. The second kappa shape index (κ2) is 7.76. The van der Waals surface area contributed by atoms with Crippen LogP contribution in [0.2, 0.25) is 5.02 Å². The highest BCUT2D eigenvalue weighted by molar-refractivity contribution is 7.14. The Balaban J connectivity index is 1.51. The van der Waals surface area contributed by atoms with E-state index < -0.39 is 5.97 Å². The maximum absolute atomic E-state index is 11.9. The maximum atomic E-state index is 11.9. The molecule has 1 aromatic carbocycles. The van der Waals surface area contributed by atoms with Crippen molar-refractivity contribution < 1.29 is 19.1 Å². The number of esters is 1. The van der Waals surface area contributed by atoms with Crippen LogP contribution in [0.3, 0.4) is 0 Å². The molecule has 0 spiro atoms. The van der Waals surface area contributed by atoms with E-state index in [0.29, 0.717) is 34.4 Å². The van der Waals surface area contributed by atoms with Crippen LogP contribution < -0.4 is 4.90 Å². The molecule has 0 unspecified atom stereocenters. The molecule has 6 nitrogen and oxygen atoms in total. The summed E-state index contributed by atoms with van der Waals surface area (Å²) in [7, 11) is 0. The topological polar surface area (TPSA) is 76.6 Å². The molecule has 130 valence electrons. The molecule has 1 aliphatic rings. The molecule has 3 rings (SSSR count). The number of anilines is 1.